The molecular weight excluding hydrogens is 346 g/mol. The Bertz CT molecular complexity index is 792. The molecule has 0 aliphatic carbocycles. The van der Waals surface area contributed by atoms with E-state index in [-0.39, 0.29) is 11.8 Å². The number of nitrogens with zero attached hydrogens (tertiary/aromatic N) is 5. The molecule has 2 aromatic rings. The zero-order valence-electron chi connectivity index (χ0n) is 15.6. The van der Waals surface area contributed by atoms with Crippen LogP contribution in [-0.2, 0) is 11.3 Å². The molecule has 1 unspecified atom stereocenters. The van der Waals surface area contributed by atoms with Gasteiger partial charge >= 0.3 is 0 Å². The second-order valence-corrected chi connectivity index (χ2v) is 7.50. The van der Waals surface area contributed by atoms with Crippen molar-refractivity contribution in [1.29, 1.82) is 0 Å². The summed E-state index contributed by atoms with van der Waals surface area (Å²) in [5.41, 5.74) is 0. The third kappa shape index (κ3) is 3.89. The Morgan fingerprint density at radius 2 is 1.85 bits per heavy atom. The van der Waals surface area contributed by atoms with Crippen LogP contribution in [0.3, 0.4) is 0 Å². The largest absolute Gasteiger partial charge is 0.454 e. The summed E-state index contributed by atoms with van der Waals surface area (Å²) in [5.74, 6) is 2.32. The molecule has 2 saturated heterocycles. The summed E-state index contributed by atoms with van der Waals surface area (Å²) < 4.78 is 7.39. The van der Waals surface area contributed by atoms with Crippen molar-refractivity contribution in [3.05, 3.63) is 36.3 Å². The van der Waals surface area contributed by atoms with Gasteiger partial charge < -0.3 is 14.2 Å². The molecule has 8 nitrogen and oxygen atoms in total. The zero-order chi connectivity index (χ0) is 18.8. The van der Waals surface area contributed by atoms with Crippen molar-refractivity contribution >= 4 is 11.8 Å². The van der Waals surface area contributed by atoms with Crippen LogP contribution < -0.4 is 0 Å². The Morgan fingerprint density at radius 1 is 1.11 bits per heavy atom. The van der Waals surface area contributed by atoms with Crippen LogP contribution in [0.1, 0.15) is 42.5 Å². The first-order valence-electron chi connectivity index (χ1n) is 9.56. The van der Waals surface area contributed by atoms with Gasteiger partial charge in [-0.3, -0.25) is 9.59 Å². The van der Waals surface area contributed by atoms with Gasteiger partial charge in [-0.25, -0.2) is 9.67 Å². The zero-order valence-corrected chi connectivity index (χ0v) is 15.6. The SMILES string of the molecule is CC(=O)N1CCC(C2CCN(C(=O)c3ccc(Cn4cncn4)o3)C2)CC1. The minimum absolute atomic E-state index is 0.0384. The fraction of sp³-hybridized carbons (Fsp3) is 0.579. The van der Waals surface area contributed by atoms with Crippen molar-refractivity contribution in [2.45, 2.75) is 32.7 Å². The third-order valence-corrected chi connectivity index (χ3v) is 5.82. The maximum atomic E-state index is 12.8. The van der Waals surface area contributed by atoms with E-state index in [1.165, 1.54) is 6.33 Å². The highest BCUT2D eigenvalue weighted by Crippen LogP contribution is 2.32. The highest BCUT2D eigenvalue weighted by atomic mass is 16.4. The normalized spacial score (nSPS) is 21.0. The van der Waals surface area contributed by atoms with Crippen molar-refractivity contribution < 1.29 is 14.0 Å². The molecule has 1 atom stereocenters. The number of hydrogen-bond donors (Lipinski definition) is 0. The molecular formula is C19H25N5O3. The van der Waals surface area contributed by atoms with Crippen LogP contribution in [0.15, 0.2) is 29.2 Å². The Morgan fingerprint density at radius 3 is 2.56 bits per heavy atom. The van der Waals surface area contributed by atoms with Gasteiger partial charge in [0.05, 0.1) is 0 Å². The molecule has 27 heavy (non-hydrogen) atoms. The van der Waals surface area contributed by atoms with Gasteiger partial charge in [0.25, 0.3) is 5.91 Å². The van der Waals surface area contributed by atoms with E-state index in [1.54, 1.807) is 24.0 Å². The number of hydrogen-bond acceptors (Lipinski definition) is 5. The molecule has 0 saturated carbocycles. The summed E-state index contributed by atoms with van der Waals surface area (Å²) in [7, 11) is 0. The highest BCUT2D eigenvalue weighted by Gasteiger charge is 2.35. The Hall–Kier alpha value is -2.64. The van der Waals surface area contributed by atoms with E-state index < -0.39 is 0 Å². The smallest absolute Gasteiger partial charge is 0.289 e. The molecule has 4 heterocycles. The van der Waals surface area contributed by atoms with Crippen LogP contribution in [0.2, 0.25) is 0 Å². The molecule has 0 spiro atoms. The van der Waals surface area contributed by atoms with Crippen LogP contribution >= 0.6 is 0 Å². The van der Waals surface area contributed by atoms with E-state index in [0.29, 0.717) is 29.9 Å². The van der Waals surface area contributed by atoms with Gasteiger partial charge in [0.15, 0.2) is 5.76 Å². The van der Waals surface area contributed by atoms with Gasteiger partial charge in [0.2, 0.25) is 5.91 Å². The number of carbonyl (C=O) groups is 2. The molecule has 0 radical (unpaired) electrons. The summed E-state index contributed by atoms with van der Waals surface area (Å²) in [4.78, 5) is 32.0. The van der Waals surface area contributed by atoms with Gasteiger partial charge in [0.1, 0.15) is 25.0 Å². The van der Waals surface area contributed by atoms with E-state index >= 15 is 0 Å². The second kappa shape index (κ2) is 7.54. The number of carbonyl (C=O) groups excluding carboxylic acids is 2. The maximum Gasteiger partial charge on any atom is 0.289 e. The minimum Gasteiger partial charge on any atom is -0.454 e. The molecule has 2 aromatic heterocycles. The standard InChI is InChI=1S/C19H25N5O3/c1-14(25)22-7-4-15(5-8-22)16-6-9-23(10-16)19(26)18-3-2-17(27-18)11-24-13-20-12-21-24/h2-3,12-13,15-16H,4-11H2,1H3. The summed E-state index contributed by atoms with van der Waals surface area (Å²) in [6.07, 6.45) is 6.19. The van der Waals surface area contributed by atoms with Crippen LogP contribution in [0.5, 0.6) is 0 Å². The van der Waals surface area contributed by atoms with Gasteiger partial charge in [-0.05, 0) is 43.2 Å². The lowest BCUT2D eigenvalue weighted by atomic mass is 9.84. The van der Waals surface area contributed by atoms with Crippen molar-refractivity contribution in [3.63, 3.8) is 0 Å². The van der Waals surface area contributed by atoms with Crippen molar-refractivity contribution in [1.82, 2.24) is 24.6 Å². The van der Waals surface area contributed by atoms with Gasteiger partial charge in [-0.15, -0.1) is 0 Å². The molecule has 0 bridgehead atoms. The minimum atomic E-state index is -0.0384. The van der Waals surface area contributed by atoms with Crippen LogP contribution in [-0.4, -0.2) is 62.6 Å². The molecule has 8 heteroatoms. The molecule has 2 aliphatic heterocycles. The molecule has 2 amide bonds. The summed E-state index contributed by atoms with van der Waals surface area (Å²) in [5, 5.41) is 4.05. The van der Waals surface area contributed by atoms with Crippen molar-refractivity contribution in [2.24, 2.45) is 11.8 Å². The van der Waals surface area contributed by atoms with Crippen LogP contribution in [0.25, 0.3) is 0 Å². The van der Waals surface area contributed by atoms with Crippen molar-refractivity contribution in [2.75, 3.05) is 26.2 Å². The lowest BCUT2D eigenvalue weighted by molar-refractivity contribution is -0.130. The average Bonchev–Trinajstić information content (AvgIpc) is 3.43. The molecule has 0 aromatic carbocycles. The average molecular weight is 371 g/mol. The molecule has 4 rings (SSSR count). The summed E-state index contributed by atoms with van der Waals surface area (Å²) in [6, 6.07) is 3.56. The van der Waals surface area contributed by atoms with Gasteiger partial charge in [0, 0.05) is 33.1 Å². The Labute approximate surface area is 158 Å². The number of amides is 2. The first-order valence-corrected chi connectivity index (χ1v) is 9.56. The molecule has 2 aliphatic rings. The highest BCUT2D eigenvalue weighted by molar-refractivity contribution is 5.91. The second-order valence-electron chi connectivity index (χ2n) is 7.50. The third-order valence-electron chi connectivity index (χ3n) is 5.82. The molecule has 0 N–H and O–H groups in total. The van der Waals surface area contributed by atoms with Gasteiger partial charge in [-0.2, -0.15) is 5.10 Å². The number of likely N-dealkylation sites (tertiary alicyclic amines) is 2. The monoisotopic (exact) mass is 371 g/mol. The summed E-state index contributed by atoms with van der Waals surface area (Å²) in [6.45, 7) is 5.34. The predicted octanol–water partition coefficient (Wildman–Crippen LogP) is 1.64. The van der Waals surface area contributed by atoms with Crippen molar-refractivity contribution in [3.8, 4) is 0 Å². The van der Waals surface area contributed by atoms with E-state index in [0.717, 1.165) is 45.4 Å². The Kier molecular flexibility index (Phi) is 4.96. The predicted molar refractivity (Wildman–Crippen MR) is 96.8 cm³/mol. The fourth-order valence-corrected chi connectivity index (χ4v) is 4.25. The quantitative estimate of drug-likeness (QED) is 0.816. The van der Waals surface area contributed by atoms with Gasteiger partial charge in [-0.1, -0.05) is 0 Å². The molecule has 144 valence electrons. The molecule has 2 fully saturated rings. The fourth-order valence-electron chi connectivity index (χ4n) is 4.25. The summed E-state index contributed by atoms with van der Waals surface area (Å²) >= 11 is 0. The van der Waals surface area contributed by atoms with Crippen LogP contribution in [0, 0.1) is 11.8 Å². The lowest BCUT2D eigenvalue weighted by Gasteiger charge is -2.34. The lowest BCUT2D eigenvalue weighted by Crippen LogP contribution is -2.39. The number of rotatable bonds is 4. The van der Waals surface area contributed by atoms with E-state index in [2.05, 4.69) is 10.1 Å². The van der Waals surface area contributed by atoms with E-state index in [9.17, 15) is 9.59 Å². The number of piperidine rings is 1. The van der Waals surface area contributed by atoms with Crippen LogP contribution in [0.4, 0.5) is 0 Å². The first-order chi connectivity index (χ1) is 13.1. The Balaban J connectivity index is 1.32. The van der Waals surface area contributed by atoms with E-state index in [4.69, 9.17) is 4.42 Å². The van der Waals surface area contributed by atoms with E-state index in [1.807, 2.05) is 15.9 Å². The first kappa shape index (κ1) is 17.8. The number of furan rings is 1. The topological polar surface area (TPSA) is 84.5 Å². The number of aromatic nitrogens is 3. The maximum absolute atomic E-state index is 12.8.